The van der Waals surface area contributed by atoms with Gasteiger partial charge in [-0.05, 0) is 44.5 Å². The average molecular weight is 497 g/mol. The van der Waals surface area contributed by atoms with Gasteiger partial charge >= 0.3 is 18.9 Å². The molecule has 4 aliphatic carbocycles. The van der Waals surface area contributed by atoms with Crippen molar-refractivity contribution in [1.82, 2.24) is 0 Å². The quantitative estimate of drug-likeness (QED) is 0.306. The third-order valence-corrected chi connectivity index (χ3v) is 15.7. The van der Waals surface area contributed by atoms with Crippen LogP contribution in [-0.4, -0.2) is 8.07 Å². The summed E-state index contributed by atoms with van der Waals surface area (Å²) in [7, 11) is -2.42. The van der Waals surface area contributed by atoms with Gasteiger partial charge < -0.3 is 1.43 Å². The molecule has 0 radical (unpaired) electrons. The van der Waals surface area contributed by atoms with Gasteiger partial charge in [-0.25, -0.2) is 0 Å². The second-order valence-electron chi connectivity index (χ2n) is 10.9. The first-order valence-electron chi connectivity index (χ1n) is 13.4. The Morgan fingerprint density at radius 2 is 0.605 bits per heavy atom. The molecule has 0 bridgehead atoms. The Morgan fingerprint density at radius 3 is 0.868 bits per heavy atom. The number of rotatable bonds is 4. The van der Waals surface area contributed by atoms with E-state index in [-0.39, 0.29) is 20.3 Å². The van der Waals surface area contributed by atoms with E-state index in [4.69, 9.17) is 0 Å². The van der Waals surface area contributed by atoms with E-state index >= 15 is 0 Å². The zero-order valence-electron chi connectivity index (χ0n) is 22.7. The summed E-state index contributed by atoms with van der Waals surface area (Å²) in [4.78, 5) is 0. The van der Waals surface area contributed by atoms with Crippen molar-refractivity contribution in [3.63, 3.8) is 0 Å². The number of allylic oxidation sites excluding steroid dienone is 4. The van der Waals surface area contributed by atoms with E-state index < -0.39 is 8.07 Å². The van der Waals surface area contributed by atoms with Crippen LogP contribution >= 0.6 is 0 Å². The molecule has 0 aliphatic heterocycles. The molecule has 0 heterocycles. The third-order valence-electron chi connectivity index (χ3n) is 9.35. The van der Waals surface area contributed by atoms with Gasteiger partial charge in [0.1, 0.15) is 0 Å². The number of hydrogen-bond donors (Lipinski definition) is 0. The smallest absolute Gasteiger partial charge is 1.00 e. The summed E-state index contributed by atoms with van der Waals surface area (Å²) in [5.41, 5.74) is 13.3. The maximum Gasteiger partial charge on any atom is 1.00 e. The fourth-order valence-electron chi connectivity index (χ4n) is 7.90. The summed E-state index contributed by atoms with van der Waals surface area (Å²) < 4.78 is 0. The second kappa shape index (κ2) is 9.14. The molecular formula is C36H29LiSi. The fourth-order valence-corrected chi connectivity index (χ4v) is 15.1. The molecule has 4 aliphatic rings. The Morgan fingerprint density at radius 1 is 0.368 bits per heavy atom. The minimum absolute atomic E-state index is 0. The number of benzene rings is 4. The van der Waals surface area contributed by atoms with E-state index in [9.17, 15) is 0 Å². The van der Waals surface area contributed by atoms with Gasteiger partial charge in [-0.15, -0.1) is 0 Å². The Hall–Kier alpha value is -3.35. The van der Waals surface area contributed by atoms with Crippen LogP contribution in [0.2, 0.25) is 0 Å². The number of fused-ring (bicyclic) bond motifs is 4. The van der Waals surface area contributed by atoms with E-state index in [1.807, 2.05) is 0 Å². The van der Waals surface area contributed by atoms with Gasteiger partial charge in [0.05, 0.1) is 8.07 Å². The molecule has 0 spiro atoms. The summed E-state index contributed by atoms with van der Waals surface area (Å²) in [6.07, 6.45) is 19.9. The minimum atomic E-state index is -2.42. The Kier molecular flexibility index (Phi) is 5.71. The molecule has 8 rings (SSSR count). The van der Waals surface area contributed by atoms with E-state index in [1.165, 1.54) is 44.5 Å². The van der Waals surface area contributed by atoms with Crippen LogP contribution in [0.15, 0.2) is 121 Å². The zero-order valence-corrected chi connectivity index (χ0v) is 22.7. The van der Waals surface area contributed by atoms with Crippen LogP contribution in [0.5, 0.6) is 0 Å². The van der Waals surface area contributed by atoms with Crippen molar-refractivity contribution in [2.75, 3.05) is 0 Å². The summed E-state index contributed by atoms with van der Waals surface area (Å²) in [6.45, 7) is 0. The third kappa shape index (κ3) is 3.23. The molecule has 0 saturated carbocycles. The number of hydrogen-bond acceptors (Lipinski definition) is 0. The first-order valence-corrected chi connectivity index (χ1v) is 15.7. The van der Waals surface area contributed by atoms with Crippen LogP contribution in [0.3, 0.4) is 0 Å². The molecule has 4 unspecified atom stereocenters. The molecular weight excluding hydrogens is 467 g/mol. The molecule has 2 heteroatoms. The average Bonchev–Trinajstić information content (AvgIpc) is 3.75. The van der Waals surface area contributed by atoms with Gasteiger partial charge in [0.2, 0.25) is 0 Å². The van der Waals surface area contributed by atoms with Gasteiger partial charge in [-0.2, -0.15) is 0 Å². The summed E-state index contributed by atoms with van der Waals surface area (Å²) in [5, 5.41) is 0. The van der Waals surface area contributed by atoms with Crippen molar-refractivity contribution >= 4 is 32.4 Å². The summed E-state index contributed by atoms with van der Waals surface area (Å²) in [5.74, 6) is 0. The summed E-state index contributed by atoms with van der Waals surface area (Å²) >= 11 is 0. The molecule has 38 heavy (non-hydrogen) atoms. The Labute approximate surface area is 239 Å². The molecule has 178 valence electrons. The van der Waals surface area contributed by atoms with Crippen molar-refractivity contribution in [1.29, 1.82) is 0 Å². The molecule has 0 saturated heterocycles. The van der Waals surface area contributed by atoms with Crippen LogP contribution in [0.25, 0.3) is 24.3 Å². The van der Waals surface area contributed by atoms with Gasteiger partial charge in [-0.3, -0.25) is 0 Å². The molecule has 0 fully saturated rings. The summed E-state index contributed by atoms with van der Waals surface area (Å²) in [6, 6.07) is 36.6. The van der Waals surface area contributed by atoms with E-state index in [0.717, 1.165) is 0 Å². The standard InChI is InChI=1S/C36H28Si.Li.H/c1-5-13-29-25(9-1)17-21-33(29)37(34-22-18-26-10-2-6-14-30(26)34,35-23-19-27-11-3-7-15-31(27)35)36-24-20-28-12-4-8-16-32(28)36;;/h1-24,33-36H;;/q;+1;-1. The van der Waals surface area contributed by atoms with Gasteiger partial charge in [-0.1, -0.05) is 146 Å². The normalized spacial score (nSPS) is 24.4. The Balaban J connectivity index is 0.00000138. The van der Waals surface area contributed by atoms with Crippen molar-refractivity contribution in [2.45, 2.75) is 22.2 Å². The second-order valence-corrected chi connectivity index (χ2v) is 15.4. The van der Waals surface area contributed by atoms with Crippen LogP contribution in [0.4, 0.5) is 0 Å². The van der Waals surface area contributed by atoms with Crippen LogP contribution in [0, 0.1) is 0 Å². The SMILES string of the molecule is C1=CC([Si](C2C=Cc3ccccc32)(C2C=Cc3ccccc32)C2C=Cc3ccccc32)c2ccccc21.[H-].[Li+]. The van der Waals surface area contributed by atoms with Crippen LogP contribution < -0.4 is 18.9 Å². The van der Waals surface area contributed by atoms with E-state index in [1.54, 1.807) is 0 Å². The van der Waals surface area contributed by atoms with Crippen molar-refractivity contribution in [3.8, 4) is 0 Å². The van der Waals surface area contributed by atoms with Crippen LogP contribution in [0.1, 0.15) is 68.1 Å². The predicted molar refractivity (Wildman–Crippen MR) is 160 cm³/mol. The molecule has 0 N–H and O–H groups in total. The molecule has 0 aromatic heterocycles. The monoisotopic (exact) mass is 496 g/mol. The molecule has 0 nitrogen and oxygen atoms in total. The van der Waals surface area contributed by atoms with Crippen molar-refractivity contribution < 1.29 is 20.3 Å². The molecule has 0 amide bonds. The fraction of sp³-hybridized carbons (Fsp3) is 0.111. The minimum Gasteiger partial charge on any atom is -1.00 e. The van der Waals surface area contributed by atoms with Gasteiger partial charge in [0.25, 0.3) is 0 Å². The molecule has 4 atom stereocenters. The molecule has 4 aromatic rings. The van der Waals surface area contributed by atoms with E-state index in [2.05, 4.69) is 146 Å². The zero-order chi connectivity index (χ0) is 24.4. The Bertz CT molecular complexity index is 1430. The van der Waals surface area contributed by atoms with Crippen molar-refractivity contribution in [2.24, 2.45) is 0 Å². The molecule has 4 aromatic carbocycles. The van der Waals surface area contributed by atoms with Crippen LogP contribution in [-0.2, 0) is 0 Å². The van der Waals surface area contributed by atoms with Gasteiger partial charge in [0, 0.05) is 22.2 Å². The maximum atomic E-state index is 2.58. The maximum absolute atomic E-state index is 2.58. The topological polar surface area (TPSA) is 0 Å². The van der Waals surface area contributed by atoms with E-state index in [0.29, 0.717) is 22.2 Å². The predicted octanol–water partition coefficient (Wildman–Crippen LogP) is 5.95. The van der Waals surface area contributed by atoms with Crippen molar-refractivity contribution in [3.05, 3.63) is 166 Å². The largest absolute Gasteiger partial charge is 1.00 e. The first-order chi connectivity index (χ1) is 18.4. The van der Waals surface area contributed by atoms with Gasteiger partial charge in [0.15, 0.2) is 0 Å². The first kappa shape index (κ1) is 23.7.